The van der Waals surface area contributed by atoms with Crippen LogP contribution < -0.4 is 95.7 Å². The molecule has 0 radical (unpaired) electrons. The lowest BCUT2D eigenvalue weighted by Gasteiger charge is -2.38. The number of imide groups is 1. The van der Waals surface area contributed by atoms with Gasteiger partial charge in [-0.15, -0.1) is 11.8 Å². The molecule has 110 heavy (non-hydrogen) atoms. The van der Waals surface area contributed by atoms with Crippen molar-refractivity contribution in [2.75, 3.05) is 85.2 Å². The second-order valence-corrected chi connectivity index (χ2v) is 29.3. The topological polar surface area (TPSA) is 550 Å². The third-order valence-electron chi connectivity index (χ3n) is 19.4. The number of para-hydroxylation sites is 1. The number of ether oxygens (including phenoxy) is 7. The van der Waals surface area contributed by atoms with Gasteiger partial charge in [-0.05, 0) is 150 Å². The summed E-state index contributed by atoms with van der Waals surface area (Å²) >= 11 is 2.28. The molecule has 35 nitrogen and oxygen atoms in total. The molecule has 4 heterocycles. The number of hydrogen-bond donors (Lipinski definition) is 14. The molecule has 3 aliphatic heterocycles. The minimum absolute atomic E-state index is 0.00616. The fraction of sp³-hybridized carbons (Fsp3) is 0.548. The van der Waals surface area contributed by atoms with Crippen LogP contribution in [0.3, 0.4) is 0 Å². The van der Waals surface area contributed by atoms with Gasteiger partial charge in [0, 0.05) is 72.7 Å². The lowest BCUT2D eigenvalue weighted by atomic mass is 9.66. The van der Waals surface area contributed by atoms with E-state index >= 15 is 0 Å². The van der Waals surface area contributed by atoms with Crippen LogP contribution in [0.4, 0.5) is 0 Å². The monoisotopic (exact) mass is 1570 g/mol. The standard InChI is InChI=1S/C73H103N17O18S2/c1-38(91)46(15-8-10-22-74)84-69(99)52(28-40-34-83-47-16-7-6-14-41(40)47)89-67(97)48(17-9-11-23-75)86-68(98)51(21-27-109-5)88-66(96)50(19-13-25-82-73(79)80)87-65(95)49(18-12-24-81-72(77)78)85-64(94)45(76)36-110-57-33-58(92)90(70(57)100)26-20-59(93)108-62-43-32-54-53(106-37-107-54)31-42(43)60(61-44(62)35-105-71(61)101)39-29-55(102-2)63(104-4)56(30-39)103-3/h6-7,14,16,29-32,34,44-46,48-52,57,60-62,83H,8-13,15,17-28,33,35-37,74-76H2,1-5H3,(H,84,99)(H,85,94)(H,86,98)(H,87,95)(H,88,96)(H,89,97)(H4,77,78,81)(H4,79,80,82)/t44-,45?,46-,48-,49-,50-,51-,52-,57?,60+,61-,62-/m0/s1. The van der Waals surface area contributed by atoms with Crippen LogP contribution in [0.25, 0.3) is 10.9 Å². The first kappa shape index (κ1) is 85.5. The van der Waals surface area contributed by atoms with Crippen molar-refractivity contribution in [2.24, 2.45) is 62.0 Å². The maximum atomic E-state index is 14.7. The molecule has 12 atom stereocenters. The molecule has 0 bridgehead atoms. The Kier molecular flexibility index (Phi) is 32.3. The van der Waals surface area contributed by atoms with Gasteiger partial charge >= 0.3 is 11.9 Å². The molecule has 1 aromatic heterocycles. The van der Waals surface area contributed by atoms with E-state index in [1.54, 1.807) is 36.7 Å². The van der Waals surface area contributed by atoms with E-state index in [1.165, 1.54) is 40.0 Å². The predicted octanol–water partition coefficient (Wildman–Crippen LogP) is -0.122. The Morgan fingerprint density at radius 3 is 1.74 bits per heavy atom. The number of aliphatic imine (C=N–C) groups is 2. The molecule has 2 saturated heterocycles. The number of rotatable bonds is 45. The fourth-order valence-corrected chi connectivity index (χ4v) is 15.3. The van der Waals surface area contributed by atoms with Crippen LogP contribution >= 0.6 is 23.5 Å². The van der Waals surface area contributed by atoms with Crippen molar-refractivity contribution in [1.29, 1.82) is 0 Å². The smallest absolute Gasteiger partial charge is 0.310 e. The van der Waals surface area contributed by atoms with Crippen molar-refractivity contribution in [3.05, 3.63) is 77.0 Å². The fourth-order valence-electron chi connectivity index (χ4n) is 13.7. The highest BCUT2D eigenvalue weighted by atomic mass is 32.2. The second-order valence-electron chi connectivity index (χ2n) is 27.1. The number of carbonyl (C=O) groups excluding carboxylic acids is 11. The van der Waals surface area contributed by atoms with E-state index in [1.807, 2.05) is 24.3 Å². The van der Waals surface area contributed by atoms with Crippen LogP contribution in [0, 0.1) is 11.8 Å². The number of unbranched alkanes of at least 4 members (excludes halogenated alkanes) is 2. The lowest BCUT2D eigenvalue weighted by Crippen LogP contribution is -2.60. The summed E-state index contributed by atoms with van der Waals surface area (Å²) in [6.07, 6.45) is 4.17. The second kappa shape index (κ2) is 41.6. The Bertz CT molecular complexity index is 3980. The first-order valence-corrected chi connectivity index (χ1v) is 39.0. The van der Waals surface area contributed by atoms with E-state index < -0.39 is 137 Å². The Hall–Kier alpha value is -10.1. The van der Waals surface area contributed by atoms with E-state index in [0.29, 0.717) is 95.4 Å². The van der Waals surface area contributed by atoms with Crippen LogP contribution in [-0.2, 0) is 68.6 Å². The maximum Gasteiger partial charge on any atom is 0.310 e. The molecule has 0 saturated carbocycles. The van der Waals surface area contributed by atoms with Gasteiger partial charge in [-0.25, -0.2) is 0 Å². The van der Waals surface area contributed by atoms with Gasteiger partial charge in [-0.3, -0.25) is 67.6 Å². The number of methoxy groups -OCH3 is 3. The zero-order chi connectivity index (χ0) is 79.7. The van der Waals surface area contributed by atoms with E-state index in [0.717, 1.165) is 27.6 Å². The molecular formula is C73H103N17O18S2. The molecule has 2 fully saturated rings. The van der Waals surface area contributed by atoms with Crippen LogP contribution in [0.5, 0.6) is 28.7 Å². The normalized spacial score (nSPS) is 18.7. The average molecular weight is 1570 g/mol. The van der Waals surface area contributed by atoms with Crippen LogP contribution in [0.15, 0.2) is 64.7 Å². The third-order valence-corrected chi connectivity index (χ3v) is 21.4. The number of hydrogen-bond acceptors (Lipinski definition) is 25. The first-order valence-electron chi connectivity index (χ1n) is 36.5. The van der Waals surface area contributed by atoms with Gasteiger partial charge in [-0.2, -0.15) is 11.8 Å². The van der Waals surface area contributed by atoms with Gasteiger partial charge in [0.05, 0.1) is 57.6 Å². The van der Waals surface area contributed by atoms with Crippen LogP contribution in [0.1, 0.15) is 125 Å². The summed E-state index contributed by atoms with van der Waals surface area (Å²) in [5.41, 5.74) is 43.7. The highest BCUT2D eigenvalue weighted by molar-refractivity contribution is 8.00. The predicted molar refractivity (Wildman–Crippen MR) is 410 cm³/mol. The summed E-state index contributed by atoms with van der Waals surface area (Å²) in [6, 6.07) is 5.41. The molecule has 3 aromatic carbocycles. The number of nitrogens with one attached hydrogen (secondary N) is 7. The molecule has 0 spiro atoms. The molecule has 4 aromatic rings. The number of aromatic nitrogens is 1. The number of aromatic amines is 1. The van der Waals surface area contributed by atoms with Gasteiger partial charge in [0.15, 0.2) is 40.7 Å². The largest absolute Gasteiger partial charge is 0.493 e. The maximum absolute atomic E-state index is 14.7. The highest BCUT2D eigenvalue weighted by Gasteiger charge is 2.54. The Labute approximate surface area is 645 Å². The highest BCUT2D eigenvalue weighted by Crippen LogP contribution is 2.57. The Morgan fingerprint density at radius 2 is 1.18 bits per heavy atom. The van der Waals surface area contributed by atoms with Crippen LogP contribution in [-0.4, -0.2) is 220 Å². The van der Waals surface area contributed by atoms with Gasteiger partial charge in [-0.1, -0.05) is 18.2 Å². The van der Waals surface area contributed by atoms with E-state index in [2.05, 4.69) is 46.9 Å². The van der Waals surface area contributed by atoms with E-state index in [4.69, 9.17) is 73.3 Å². The number of nitrogens with zero attached hydrogens (tertiary/aromatic N) is 3. The minimum atomic E-state index is -1.41. The Morgan fingerprint density at radius 1 is 0.655 bits per heavy atom. The van der Waals surface area contributed by atoms with E-state index in [-0.39, 0.29) is 114 Å². The number of nitrogens with two attached hydrogens (primary N) is 7. The SMILES string of the molecule is COc1cc([C@@H]2c3cc4c(cc3[C@H](OC(=O)CCN3C(=O)CC(SCC(N)C(=O)N[C@@H](CCCN=C(N)N)C(=O)N[C@@H](CCCN=C(N)N)C(=O)N[C@@H](CCSC)C(=O)N[C@@H](CCCCN)C(=O)N[C@@H](Cc5c[nH]c6ccccc56)C(=O)N[C@@H](CCCCN)C(C)=O)C3=O)[C@H]3COC(=O)[C@H]23)OCO4)cc(OC)c1OC. The first-order chi connectivity index (χ1) is 52.8. The van der Waals surface area contributed by atoms with Crippen molar-refractivity contribution in [1.82, 2.24) is 41.8 Å². The summed E-state index contributed by atoms with van der Waals surface area (Å²) in [5, 5.41) is 16.4. The quantitative estimate of drug-likeness (QED) is 0.00902. The summed E-state index contributed by atoms with van der Waals surface area (Å²) < 4.78 is 40.3. The molecule has 2 unspecified atom stereocenters. The van der Waals surface area contributed by atoms with Gasteiger partial charge in [0.2, 0.25) is 59.8 Å². The van der Waals surface area contributed by atoms with Crippen LogP contribution in [0.2, 0.25) is 0 Å². The molecule has 8 rings (SSSR count). The Balaban J connectivity index is 0.924. The zero-order valence-corrected chi connectivity index (χ0v) is 64.1. The van der Waals surface area contributed by atoms with Crippen molar-refractivity contribution < 1.29 is 85.9 Å². The molecule has 600 valence electrons. The number of thioether (sulfide) groups is 2. The molecule has 21 N–H and O–H groups in total. The molecule has 8 amide bonds. The number of benzene rings is 3. The van der Waals surface area contributed by atoms with Crippen molar-refractivity contribution in [3.8, 4) is 28.7 Å². The molecule has 37 heteroatoms. The number of esters is 2. The lowest BCUT2D eigenvalue weighted by molar-refractivity contribution is -0.155. The molecule has 4 aliphatic rings. The third kappa shape index (κ3) is 22.8. The number of amides is 8. The van der Waals surface area contributed by atoms with Gasteiger partial charge < -0.3 is 110 Å². The van der Waals surface area contributed by atoms with Crippen molar-refractivity contribution in [3.63, 3.8) is 0 Å². The minimum Gasteiger partial charge on any atom is -0.493 e. The average Bonchev–Trinajstić information content (AvgIpc) is 1.42. The summed E-state index contributed by atoms with van der Waals surface area (Å²) in [7, 11) is 4.41. The number of likely N-dealkylation sites (tertiary alicyclic amines) is 1. The van der Waals surface area contributed by atoms with Gasteiger partial charge in [0.1, 0.15) is 36.3 Å². The van der Waals surface area contributed by atoms with Gasteiger partial charge in [0.25, 0.3) is 0 Å². The number of guanidine groups is 2. The van der Waals surface area contributed by atoms with Crippen molar-refractivity contribution in [2.45, 2.75) is 156 Å². The number of Topliss-reactive ketones (excluding diaryl/α,β-unsaturated/α-hetero) is 1. The summed E-state index contributed by atoms with van der Waals surface area (Å²) in [5.74, 6) is -8.40. The molecular weight excluding hydrogens is 1470 g/mol. The summed E-state index contributed by atoms with van der Waals surface area (Å²) in [4.78, 5) is 167. The number of H-pyrrole nitrogens is 1. The number of carbonyl (C=O) groups is 11. The number of cyclic esters (lactones) is 1. The number of fused-ring (bicyclic) bond motifs is 4. The van der Waals surface area contributed by atoms with E-state index in [9.17, 15) is 52.7 Å². The molecule has 1 aliphatic carbocycles. The van der Waals surface area contributed by atoms with Crippen molar-refractivity contribution >= 4 is 111 Å². The summed E-state index contributed by atoms with van der Waals surface area (Å²) in [6.45, 7) is 1.49. The number of ketones is 1. The zero-order valence-electron chi connectivity index (χ0n) is 62.4.